The molecule has 1 aliphatic heterocycles. The number of methoxy groups -OCH3 is 1. The molecule has 0 radical (unpaired) electrons. The molecule has 1 aromatic carbocycles. The quantitative estimate of drug-likeness (QED) is 0.767. The number of ether oxygens (including phenoxy) is 1. The first-order valence-corrected chi connectivity index (χ1v) is 5.75. The second kappa shape index (κ2) is 5.09. The molecule has 19 heavy (non-hydrogen) atoms. The Kier molecular flexibility index (Phi) is 3.50. The van der Waals surface area contributed by atoms with Crippen LogP contribution >= 0.6 is 0 Å². The Morgan fingerprint density at radius 3 is 2.42 bits per heavy atom. The van der Waals surface area contributed by atoms with Crippen molar-refractivity contribution < 1.29 is 24.0 Å². The summed E-state index contributed by atoms with van der Waals surface area (Å²) in [5.41, 5.74) is 1.09. The molecule has 100 valence electrons. The highest BCUT2D eigenvalue weighted by atomic mass is 16.7. The van der Waals surface area contributed by atoms with E-state index in [9.17, 15) is 14.4 Å². The Morgan fingerprint density at radius 1 is 1.21 bits per heavy atom. The maximum atomic E-state index is 11.8. The molecule has 0 saturated carbocycles. The summed E-state index contributed by atoms with van der Waals surface area (Å²) in [6.07, 6.45) is 0.146. The molecule has 6 nitrogen and oxygen atoms in total. The maximum Gasteiger partial charge on any atom is 0.364 e. The van der Waals surface area contributed by atoms with E-state index in [4.69, 9.17) is 9.57 Å². The highest BCUT2D eigenvalue weighted by molar-refractivity contribution is 6.02. The first-order valence-electron chi connectivity index (χ1n) is 5.75. The molecule has 0 unspecified atom stereocenters. The van der Waals surface area contributed by atoms with Gasteiger partial charge in [-0.3, -0.25) is 9.59 Å². The van der Waals surface area contributed by atoms with Crippen molar-refractivity contribution in [2.45, 2.75) is 19.8 Å². The standard InChI is InChI=1S/C13H13NO5/c1-8-3-4-9(7-10(8)18-2)13(17)19-14-11(15)5-6-12(14)16/h3-4,7H,5-6H2,1-2H3. The van der Waals surface area contributed by atoms with Gasteiger partial charge in [-0.2, -0.15) is 0 Å². The minimum atomic E-state index is -0.762. The smallest absolute Gasteiger partial charge is 0.364 e. The molecule has 1 saturated heterocycles. The number of benzene rings is 1. The zero-order valence-corrected chi connectivity index (χ0v) is 10.6. The van der Waals surface area contributed by atoms with Gasteiger partial charge in [0.2, 0.25) is 0 Å². The van der Waals surface area contributed by atoms with Crippen LogP contribution in [-0.2, 0) is 14.4 Å². The zero-order chi connectivity index (χ0) is 14.0. The van der Waals surface area contributed by atoms with Crippen molar-refractivity contribution in [1.29, 1.82) is 0 Å². The summed E-state index contributed by atoms with van der Waals surface area (Å²) in [7, 11) is 1.49. The number of imide groups is 1. The summed E-state index contributed by atoms with van der Waals surface area (Å²) in [5, 5.41) is 0.522. The van der Waals surface area contributed by atoms with Crippen molar-refractivity contribution in [2.24, 2.45) is 0 Å². The SMILES string of the molecule is COc1cc(C(=O)ON2C(=O)CCC2=O)ccc1C. The molecular formula is C13H13NO5. The summed E-state index contributed by atoms with van der Waals surface area (Å²) >= 11 is 0. The fourth-order valence-corrected chi connectivity index (χ4v) is 1.74. The number of hydrogen-bond donors (Lipinski definition) is 0. The van der Waals surface area contributed by atoms with E-state index in [2.05, 4.69) is 0 Å². The summed E-state index contributed by atoms with van der Waals surface area (Å²) < 4.78 is 5.09. The summed E-state index contributed by atoms with van der Waals surface area (Å²) in [4.78, 5) is 39.3. The minimum absolute atomic E-state index is 0.0728. The Bertz CT molecular complexity index is 536. The zero-order valence-electron chi connectivity index (χ0n) is 10.6. The van der Waals surface area contributed by atoms with Gasteiger partial charge in [0.1, 0.15) is 5.75 Å². The topological polar surface area (TPSA) is 72.9 Å². The number of amides is 2. The monoisotopic (exact) mass is 263 g/mol. The van der Waals surface area contributed by atoms with Crippen LogP contribution in [0.25, 0.3) is 0 Å². The van der Waals surface area contributed by atoms with Crippen LogP contribution in [0.2, 0.25) is 0 Å². The fraction of sp³-hybridized carbons (Fsp3) is 0.308. The van der Waals surface area contributed by atoms with Crippen molar-refractivity contribution >= 4 is 17.8 Å². The molecule has 0 aromatic heterocycles. The second-order valence-electron chi connectivity index (χ2n) is 4.14. The molecule has 1 heterocycles. The Hall–Kier alpha value is -2.37. The van der Waals surface area contributed by atoms with E-state index in [1.807, 2.05) is 6.92 Å². The Balaban J connectivity index is 2.16. The Labute approximate surface area is 109 Å². The highest BCUT2D eigenvalue weighted by Crippen LogP contribution is 2.20. The molecule has 1 aromatic rings. The lowest BCUT2D eigenvalue weighted by atomic mass is 10.1. The predicted molar refractivity (Wildman–Crippen MR) is 64.2 cm³/mol. The van der Waals surface area contributed by atoms with Gasteiger partial charge >= 0.3 is 5.97 Å². The molecule has 0 atom stereocenters. The van der Waals surface area contributed by atoms with Crippen LogP contribution in [-0.4, -0.2) is 30.0 Å². The third-order valence-electron chi connectivity index (χ3n) is 2.82. The number of aryl methyl sites for hydroxylation is 1. The largest absolute Gasteiger partial charge is 0.496 e. The number of carbonyl (C=O) groups is 3. The van der Waals surface area contributed by atoms with E-state index in [0.29, 0.717) is 10.8 Å². The molecule has 0 spiro atoms. The molecule has 2 rings (SSSR count). The maximum absolute atomic E-state index is 11.8. The number of hydroxylamine groups is 2. The van der Waals surface area contributed by atoms with Gasteiger partial charge in [0.05, 0.1) is 12.7 Å². The first-order chi connectivity index (χ1) is 9.02. The summed E-state index contributed by atoms with van der Waals surface area (Å²) in [6, 6.07) is 4.75. The van der Waals surface area contributed by atoms with Gasteiger partial charge in [0.25, 0.3) is 11.8 Å². The molecular weight excluding hydrogens is 250 g/mol. The average molecular weight is 263 g/mol. The third-order valence-corrected chi connectivity index (χ3v) is 2.82. The average Bonchev–Trinajstić information content (AvgIpc) is 2.71. The highest BCUT2D eigenvalue weighted by Gasteiger charge is 2.33. The number of nitrogens with zero attached hydrogens (tertiary/aromatic N) is 1. The van der Waals surface area contributed by atoms with Crippen LogP contribution in [0.15, 0.2) is 18.2 Å². The molecule has 0 N–H and O–H groups in total. The molecule has 1 fully saturated rings. The van der Waals surface area contributed by atoms with Gasteiger partial charge in [-0.05, 0) is 24.6 Å². The van der Waals surface area contributed by atoms with Gasteiger partial charge in [-0.15, -0.1) is 5.06 Å². The lowest BCUT2D eigenvalue weighted by molar-refractivity contribution is -0.172. The van der Waals surface area contributed by atoms with Crippen molar-refractivity contribution in [2.75, 3.05) is 7.11 Å². The van der Waals surface area contributed by atoms with Crippen LogP contribution in [0, 0.1) is 6.92 Å². The fourth-order valence-electron chi connectivity index (χ4n) is 1.74. The normalized spacial score (nSPS) is 14.7. The Morgan fingerprint density at radius 2 is 1.84 bits per heavy atom. The first kappa shape index (κ1) is 13.1. The number of rotatable bonds is 3. The molecule has 1 aliphatic rings. The van der Waals surface area contributed by atoms with Crippen LogP contribution < -0.4 is 4.74 Å². The van der Waals surface area contributed by atoms with Gasteiger partial charge in [0, 0.05) is 12.8 Å². The van der Waals surface area contributed by atoms with E-state index in [1.54, 1.807) is 12.1 Å². The van der Waals surface area contributed by atoms with Crippen LogP contribution in [0.5, 0.6) is 5.75 Å². The number of carbonyl (C=O) groups excluding carboxylic acids is 3. The van der Waals surface area contributed by atoms with E-state index < -0.39 is 17.8 Å². The third kappa shape index (κ3) is 2.57. The summed E-state index contributed by atoms with van der Waals surface area (Å²) in [6.45, 7) is 1.83. The van der Waals surface area contributed by atoms with Crippen LogP contribution in [0.3, 0.4) is 0 Å². The second-order valence-corrected chi connectivity index (χ2v) is 4.14. The predicted octanol–water partition coefficient (Wildman–Crippen LogP) is 1.22. The lowest BCUT2D eigenvalue weighted by Crippen LogP contribution is -2.32. The van der Waals surface area contributed by atoms with E-state index >= 15 is 0 Å². The van der Waals surface area contributed by atoms with Gasteiger partial charge in [-0.25, -0.2) is 4.79 Å². The van der Waals surface area contributed by atoms with Gasteiger partial charge in [-0.1, -0.05) is 6.07 Å². The van der Waals surface area contributed by atoms with E-state index in [0.717, 1.165) is 5.56 Å². The van der Waals surface area contributed by atoms with E-state index in [1.165, 1.54) is 13.2 Å². The summed E-state index contributed by atoms with van der Waals surface area (Å²) in [5.74, 6) is -1.23. The van der Waals surface area contributed by atoms with Gasteiger partial charge < -0.3 is 9.57 Å². The van der Waals surface area contributed by atoms with Crippen molar-refractivity contribution in [3.8, 4) is 5.75 Å². The van der Waals surface area contributed by atoms with Crippen molar-refractivity contribution in [3.05, 3.63) is 29.3 Å². The van der Waals surface area contributed by atoms with Crippen molar-refractivity contribution in [3.63, 3.8) is 0 Å². The lowest BCUT2D eigenvalue weighted by Gasteiger charge is -2.13. The van der Waals surface area contributed by atoms with Crippen LogP contribution in [0.4, 0.5) is 0 Å². The number of hydrogen-bond acceptors (Lipinski definition) is 5. The molecule has 6 heteroatoms. The molecule has 0 aliphatic carbocycles. The van der Waals surface area contributed by atoms with Crippen molar-refractivity contribution in [1.82, 2.24) is 5.06 Å². The van der Waals surface area contributed by atoms with Gasteiger partial charge in [0.15, 0.2) is 0 Å². The van der Waals surface area contributed by atoms with E-state index in [-0.39, 0.29) is 18.4 Å². The molecule has 2 amide bonds. The molecule has 0 bridgehead atoms. The minimum Gasteiger partial charge on any atom is -0.496 e. The van der Waals surface area contributed by atoms with Crippen LogP contribution in [0.1, 0.15) is 28.8 Å².